The molecule has 9 nitrogen and oxygen atoms in total. The van der Waals surface area contributed by atoms with Crippen molar-refractivity contribution in [3.8, 4) is 11.5 Å². The second-order valence-corrected chi connectivity index (χ2v) is 9.94. The Hall–Kier alpha value is -3.81. The van der Waals surface area contributed by atoms with Crippen LogP contribution in [0.2, 0.25) is 0 Å². The van der Waals surface area contributed by atoms with E-state index in [1.54, 1.807) is 30.3 Å². The molecule has 1 aromatic heterocycles. The minimum absolute atomic E-state index is 0.0386. The van der Waals surface area contributed by atoms with Gasteiger partial charge in [-0.15, -0.1) is 0 Å². The Bertz CT molecular complexity index is 1510. The number of anilines is 1. The normalized spacial score (nSPS) is 12.9. The second kappa shape index (κ2) is 11.3. The molecule has 0 spiro atoms. The summed E-state index contributed by atoms with van der Waals surface area (Å²) in [4.78, 5) is 0.0386. The van der Waals surface area contributed by atoms with Crippen molar-refractivity contribution < 1.29 is 36.2 Å². The maximum absolute atomic E-state index is 13.0. The molecule has 4 N–H and O–H groups in total. The zero-order valence-corrected chi connectivity index (χ0v) is 20.9. The predicted molar refractivity (Wildman–Crippen MR) is 135 cm³/mol. The van der Waals surface area contributed by atoms with Crippen LogP contribution in [0.15, 0.2) is 71.6 Å². The van der Waals surface area contributed by atoms with Crippen LogP contribution in [0.3, 0.4) is 0 Å². The number of halogens is 3. The van der Waals surface area contributed by atoms with E-state index in [2.05, 4.69) is 15.1 Å². The lowest BCUT2D eigenvalue weighted by Gasteiger charge is -2.15. The van der Waals surface area contributed by atoms with Gasteiger partial charge in [-0.2, -0.15) is 18.3 Å². The third kappa shape index (κ3) is 6.54. The van der Waals surface area contributed by atoms with Crippen LogP contribution in [0.25, 0.3) is 10.9 Å². The van der Waals surface area contributed by atoms with Crippen LogP contribution >= 0.6 is 0 Å². The molecule has 1 atom stereocenters. The number of nitrogens with one attached hydrogen (secondary N) is 3. The third-order valence-corrected chi connectivity index (χ3v) is 6.95. The van der Waals surface area contributed by atoms with Crippen LogP contribution < -0.4 is 19.5 Å². The monoisotopic (exact) mass is 550 g/mol. The highest BCUT2D eigenvalue weighted by Gasteiger charge is 2.35. The molecule has 0 aliphatic rings. The molecule has 0 aliphatic heterocycles. The fourth-order valence-corrected chi connectivity index (χ4v) is 4.77. The maximum Gasteiger partial charge on any atom is 0.433 e. The van der Waals surface area contributed by atoms with Crippen LogP contribution in [-0.4, -0.2) is 50.5 Å². The minimum Gasteiger partial charge on any atom is -0.497 e. The molecule has 3 aromatic carbocycles. The Morgan fingerprint density at radius 1 is 1.05 bits per heavy atom. The van der Waals surface area contributed by atoms with Crippen molar-refractivity contribution in [3.05, 3.63) is 78.0 Å². The first-order valence-corrected chi connectivity index (χ1v) is 12.9. The number of aromatic nitrogens is 2. The Balaban J connectivity index is 1.28. The Labute approximate surface area is 216 Å². The average Bonchev–Trinajstić information content (AvgIpc) is 3.32. The molecule has 0 saturated carbocycles. The summed E-state index contributed by atoms with van der Waals surface area (Å²) >= 11 is 0. The average molecular weight is 551 g/mol. The van der Waals surface area contributed by atoms with Gasteiger partial charge in [0.1, 0.15) is 23.8 Å². The van der Waals surface area contributed by atoms with Crippen molar-refractivity contribution in [2.45, 2.75) is 17.2 Å². The van der Waals surface area contributed by atoms with E-state index >= 15 is 0 Å². The van der Waals surface area contributed by atoms with Crippen LogP contribution in [0.1, 0.15) is 17.4 Å². The number of fused-ring (bicyclic) bond motifs is 1. The van der Waals surface area contributed by atoms with Gasteiger partial charge in [-0.25, -0.2) is 8.42 Å². The van der Waals surface area contributed by atoms with Crippen LogP contribution in [0, 0.1) is 0 Å². The van der Waals surface area contributed by atoms with Crippen molar-refractivity contribution in [1.82, 2.24) is 15.5 Å². The maximum atomic E-state index is 13.0. The van der Waals surface area contributed by atoms with Gasteiger partial charge in [0.15, 0.2) is 0 Å². The van der Waals surface area contributed by atoms with E-state index in [4.69, 9.17) is 9.47 Å². The van der Waals surface area contributed by atoms with Crippen LogP contribution in [0.5, 0.6) is 11.5 Å². The standard InChI is InChI=1S/C25H25F3N4O5S/c1-36-18-6-3-7-20(13-18)38(34,35)32-17-5-2-4-16(12-17)23(33)15-29-10-11-37-19-8-9-21-22(14-19)30-31-24(21)25(26,27)28/h2-9,12-14,23,29,32-33H,10-11,15H2,1H3,(H,30,31)/t23-/m0/s1. The van der Waals surface area contributed by atoms with E-state index in [9.17, 15) is 26.7 Å². The summed E-state index contributed by atoms with van der Waals surface area (Å²) < 4.78 is 77.4. The molecule has 1 heterocycles. The third-order valence-electron chi connectivity index (χ3n) is 5.57. The van der Waals surface area contributed by atoms with Gasteiger partial charge in [0.25, 0.3) is 10.0 Å². The first-order valence-electron chi connectivity index (χ1n) is 11.4. The summed E-state index contributed by atoms with van der Waals surface area (Å²) in [6.07, 6.45) is -5.46. The van der Waals surface area contributed by atoms with Gasteiger partial charge in [0.05, 0.1) is 23.6 Å². The molecule has 0 radical (unpaired) electrons. The fourth-order valence-electron chi connectivity index (χ4n) is 3.69. The molecule has 13 heteroatoms. The first kappa shape index (κ1) is 27.2. The van der Waals surface area contributed by atoms with Gasteiger partial charge in [0, 0.05) is 36.3 Å². The van der Waals surface area contributed by atoms with Gasteiger partial charge < -0.3 is 19.9 Å². The van der Waals surface area contributed by atoms with Gasteiger partial charge in [-0.05, 0) is 42.0 Å². The van der Waals surface area contributed by atoms with Crippen molar-refractivity contribution >= 4 is 26.6 Å². The molecule has 4 rings (SSSR count). The number of rotatable bonds is 11. The number of hydrogen-bond donors (Lipinski definition) is 4. The zero-order chi connectivity index (χ0) is 27.3. The molecule has 4 aromatic rings. The number of alkyl halides is 3. The van der Waals surface area contributed by atoms with E-state index in [0.717, 1.165) is 0 Å². The molecule has 38 heavy (non-hydrogen) atoms. The Morgan fingerprint density at radius 3 is 2.61 bits per heavy atom. The van der Waals surface area contributed by atoms with Crippen molar-refractivity contribution in [2.75, 3.05) is 31.5 Å². The molecule has 0 saturated heterocycles. The molecule has 0 bridgehead atoms. The van der Waals surface area contributed by atoms with E-state index in [-0.39, 0.29) is 34.6 Å². The molecular weight excluding hydrogens is 525 g/mol. The molecule has 0 amide bonds. The van der Waals surface area contributed by atoms with Crippen molar-refractivity contribution in [1.29, 1.82) is 0 Å². The predicted octanol–water partition coefficient (Wildman–Crippen LogP) is 4.09. The van der Waals surface area contributed by atoms with Crippen LogP contribution in [0.4, 0.5) is 18.9 Å². The first-order chi connectivity index (χ1) is 18.1. The number of H-pyrrole nitrogens is 1. The molecule has 0 aliphatic carbocycles. The number of methoxy groups -OCH3 is 1. The molecule has 0 fully saturated rings. The number of aliphatic hydroxyl groups excluding tert-OH is 1. The lowest BCUT2D eigenvalue weighted by atomic mass is 10.1. The number of benzene rings is 3. The second-order valence-electron chi connectivity index (χ2n) is 8.25. The topological polar surface area (TPSA) is 126 Å². The number of sulfonamides is 1. The van der Waals surface area contributed by atoms with E-state index in [0.29, 0.717) is 23.6 Å². The summed E-state index contributed by atoms with van der Waals surface area (Å²) in [5.41, 5.74) is 0.0100. The summed E-state index contributed by atoms with van der Waals surface area (Å²) in [5.74, 6) is 0.764. The summed E-state index contributed by atoms with van der Waals surface area (Å²) in [6, 6.07) is 16.6. The highest BCUT2D eigenvalue weighted by molar-refractivity contribution is 7.92. The van der Waals surface area contributed by atoms with Gasteiger partial charge in [0.2, 0.25) is 0 Å². The van der Waals surface area contributed by atoms with Gasteiger partial charge in [-0.3, -0.25) is 9.82 Å². The highest BCUT2D eigenvalue weighted by atomic mass is 32.2. The largest absolute Gasteiger partial charge is 0.497 e. The van der Waals surface area contributed by atoms with E-state index in [1.807, 2.05) is 5.10 Å². The fraction of sp³-hybridized carbons (Fsp3) is 0.240. The van der Waals surface area contributed by atoms with Crippen molar-refractivity contribution in [2.24, 2.45) is 0 Å². The van der Waals surface area contributed by atoms with E-state index in [1.165, 1.54) is 43.5 Å². The van der Waals surface area contributed by atoms with Crippen LogP contribution in [-0.2, 0) is 16.2 Å². The number of hydrogen-bond acceptors (Lipinski definition) is 7. The van der Waals surface area contributed by atoms with E-state index < -0.39 is 28.0 Å². The lowest BCUT2D eigenvalue weighted by molar-refractivity contribution is -0.139. The SMILES string of the molecule is COc1cccc(S(=O)(=O)Nc2cccc([C@@H](O)CNCCOc3ccc4c(C(F)(F)F)[nH]nc4c3)c2)c1. The number of aliphatic hydroxyl groups is 1. The summed E-state index contributed by atoms with van der Waals surface area (Å²) in [6.45, 7) is 0.684. The smallest absolute Gasteiger partial charge is 0.433 e. The quantitative estimate of drug-likeness (QED) is 0.207. The number of ether oxygens (including phenoxy) is 2. The molecule has 0 unspecified atom stereocenters. The lowest BCUT2D eigenvalue weighted by Crippen LogP contribution is -2.26. The zero-order valence-electron chi connectivity index (χ0n) is 20.1. The van der Waals surface area contributed by atoms with Gasteiger partial charge in [-0.1, -0.05) is 18.2 Å². The Morgan fingerprint density at radius 2 is 1.84 bits per heavy atom. The number of aromatic amines is 1. The molecular formula is C25H25F3N4O5S. The Kier molecular flexibility index (Phi) is 8.09. The summed E-state index contributed by atoms with van der Waals surface area (Å²) in [7, 11) is -2.42. The highest BCUT2D eigenvalue weighted by Crippen LogP contribution is 2.34. The molecule has 202 valence electrons. The van der Waals surface area contributed by atoms with Gasteiger partial charge >= 0.3 is 6.18 Å². The summed E-state index contributed by atoms with van der Waals surface area (Å²) in [5, 5.41) is 19.2. The minimum atomic E-state index is -4.53. The van der Waals surface area contributed by atoms with Crippen molar-refractivity contribution in [3.63, 3.8) is 0 Å². The number of nitrogens with zero attached hydrogens (tertiary/aromatic N) is 1.